The molecule has 0 aromatic carbocycles. The Morgan fingerprint density at radius 3 is 2.39 bits per heavy atom. The normalized spacial score (nSPS) is 50.8. The van der Waals surface area contributed by atoms with Gasteiger partial charge in [0.2, 0.25) is 0 Å². The van der Waals surface area contributed by atoms with Crippen molar-refractivity contribution in [3.63, 3.8) is 0 Å². The summed E-state index contributed by atoms with van der Waals surface area (Å²) in [6.07, 6.45) is 9.12. The van der Waals surface area contributed by atoms with Gasteiger partial charge in [-0.15, -0.1) is 0 Å². The van der Waals surface area contributed by atoms with Gasteiger partial charge in [0.15, 0.2) is 0 Å². The molecule has 1 N–H and O–H groups in total. The summed E-state index contributed by atoms with van der Waals surface area (Å²) < 4.78 is 6.69. The zero-order valence-corrected chi connectivity index (χ0v) is 22.3. The summed E-state index contributed by atoms with van der Waals surface area (Å²) in [5, 5.41) is 11.2. The molecule has 5 rings (SSSR count). The van der Waals surface area contributed by atoms with Gasteiger partial charge in [-0.25, -0.2) is 0 Å². The van der Waals surface area contributed by atoms with Gasteiger partial charge in [-0.05, 0) is 86.4 Å². The highest BCUT2D eigenvalue weighted by molar-refractivity contribution is 5.85. The first kappa shape index (κ1) is 23.8. The van der Waals surface area contributed by atoms with E-state index in [0.29, 0.717) is 17.6 Å². The summed E-state index contributed by atoms with van der Waals surface area (Å²) >= 11 is 0. The molecule has 0 bridgehead atoms. The van der Waals surface area contributed by atoms with Gasteiger partial charge in [0.25, 0.3) is 0 Å². The molecule has 3 nitrogen and oxygen atoms in total. The molecule has 0 aromatic heterocycles. The van der Waals surface area contributed by atoms with Gasteiger partial charge in [-0.3, -0.25) is 4.79 Å². The number of carbonyl (C=O) groups excluding carboxylic acids is 1. The molecule has 3 heteroatoms. The molecular weight excluding hydrogens is 408 g/mol. The van der Waals surface area contributed by atoms with Crippen LogP contribution in [0.5, 0.6) is 0 Å². The van der Waals surface area contributed by atoms with E-state index in [9.17, 15) is 9.90 Å². The van der Waals surface area contributed by atoms with E-state index in [-0.39, 0.29) is 39.8 Å². The largest absolute Gasteiger partial charge is 0.390 e. The minimum absolute atomic E-state index is 0.114. The second-order valence-electron chi connectivity index (χ2n) is 13.8. The maximum Gasteiger partial charge on any atom is 0.138 e. The van der Waals surface area contributed by atoms with E-state index >= 15 is 0 Å². The first-order chi connectivity index (χ1) is 15.3. The molecular formula is C30H46O3. The van der Waals surface area contributed by atoms with Gasteiger partial charge in [0.1, 0.15) is 11.9 Å². The topological polar surface area (TPSA) is 46.5 Å². The third-order valence-corrected chi connectivity index (χ3v) is 11.8. The van der Waals surface area contributed by atoms with E-state index in [1.54, 1.807) is 11.1 Å². The van der Waals surface area contributed by atoms with Gasteiger partial charge >= 0.3 is 0 Å². The van der Waals surface area contributed by atoms with Crippen molar-refractivity contribution in [3.8, 4) is 0 Å². The second kappa shape index (κ2) is 7.29. The van der Waals surface area contributed by atoms with Crippen LogP contribution >= 0.6 is 0 Å². The molecule has 3 fully saturated rings. The van der Waals surface area contributed by atoms with Crippen molar-refractivity contribution in [1.82, 2.24) is 0 Å². The minimum atomic E-state index is -0.436. The van der Waals surface area contributed by atoms with Crippen LogP contribution in [0.1, 0.15) is 100 Å². The molecule has 1 heterocycles. The number of ether oxygens (including phenoxy) is 1. The predicted octanol–water partition coefficient (Wildman–Crippen LogP) is 6.65. The fourth-order valence-corrected chi connectivity index (χ4v) is 9.88. The lowest BCUT2D eigenvalue weighted by molar-refractivity contribution is -0.163. The van der Waals surface area contributed by atoms with Crippen molar-refractivity contribution >= 4 is 5.78 Å². The van der Waals surface area contributed by atoms with Crippen molar-refractivity contribution in [2.24, 2.45) is 39.4 Å². The van der Waals surface area contributed by atoms with Crippen LogP contribution in [-0.2, 0) is 9.53 Å². The van der Waals surface area contributed by atoms with Crippen molar-refractivity contribution in [3.05, 3.63) is 22.8 Å². The standard InChI is InChI=1S/C30H46O3/c1-17(2)15-21-26(32)18(3)25-22(33-21)16-30(8)20-9-10-23-27(4,5)24(31)12-13-28(23,6)19(20)11-14-29(25,30)7/h15,18,21-23,25-26,32H,9-14,16H2,1-8H3. The Hall–Kier alpha value is -0.930. The van der Waals surface area contributed by atoms with E-state index in [1.807, 2.05) is 0 Å². The molecule has 0 spiro atoms. The fraction of sp³-hybridized carbons (Fsp3) is 0.833. The Balaban J connectivity index is 1.57. The third-order valence-electron chi connectivity index (χ3n) is 11.8. The summed E-state index contributed by atoms with van der Waals surface area (Å²) in [5.41, 5.74) is 4.82. The molecule has 0 amide bonds. The highest BCUT2D eigenvalue weighted by atomic mass is 16.5. The summed E-state index contributed by atoms with van der Waals surface area (Å²) in [6.45, 7) is 18.4. The first-order valence-electron chi connectivity index (χ1n) is 13.5. The minimum Gasteiger partial charge on any atom is -0.390 e. The lowest BCUT2D eigenvalue weighted by Crippen LogP contribution is -2.55. The number of hydrogen-bond acceptors (Lipinski definition) is 3. The second-order valence-corrected chi connectivity index (χ2v) is 13.8. The van der Waals surface area contributed by atoms with Crippen LogP contribution in [0.25, 0.3) is 0 Å². The highest BCUT2D eigenvalue weighted by Gasteiger charge is 2.68. The lowest BCUT2D eigenvalue weighted by atomic mass is 9.43. The number of hydrogen-bond donors (Lipinski definition) is 1. The Labute approximate surface area is 201 Å². The molecule has 0 aromatic rings. The fourth-order valence-electron chi connectivity index (χ4n) is 9.88. The maximum atomic E-state index is 12.9. The molecule has 184 valence electrons. The lowest BCUT2D eigenvalue weighted by Gasteiger charge is -2.61. The number of aliphatic hydroxyl groups excluding tert-OH is 1. The number of aliphatic hydroxyl groups is 1. The van der Waals surface area contributed by atoms with Crippen LogP contribution in [0.15, 0.2) is 22.8 Å². The third kappa shape index (κ3) is 2.97. The zero-order valence-electron chi connectivity index (χ0n) is 22.3. The molecule has 9 unspecified atom stereocenters. The van der Waals surface area contributed by atoms with E-state index in [2.05, 4.69) is 61.5 Å². The summed E-state index contributed by atoms with van der Waals surface area (Å²) in [5.74, 6) is 1.55. The van der Waals surface area contributed by atoms with E-state index in [4.69, 9.17) is 4.74 Å². The smallest absolute Gasteiger partial charge is 0.138 e. The van der Waals surface area contributed by atoms with Crippen LogP contribution in [0.3, 0.4) is 0 Å². The summed E-state index contributed by atoms with van der Waals surface area (Å²) in [4.78, 5) is 12.9. The molecule has 33 heavy (non-hydrogen) atoms. The first-order valence-corrected chi connectivity index (χ1v) is 13.5. The SMILES string of the molecule is CC(C)=CC1OC2CC3(C)C4=C(CCC3(C)C2C(C)C1O)C1(C)CCC(=O)C(C)(C)C1CC4. The Kier molecular flexibility index (Phi) is 5.26. The number of Topliss-reactive ketones (excluding diaryl/α,β-unsaturated/α-hetero) is 1. The van der Waals surface area contributed by atoms with Crippen molar-refractivity contribution < 1.29 is 14.6 Å². The molecule has 9 atom stereocenters. The maximum absolute atomic E-state index is 12.9. The average molecular weight is 455 g/mol. The van der Waals surface area contributed by atoms with Crippen LogP contribution in [-0.4, -0.2) is 29.2 Å². The van der Waals surface area contributed by atoms with Crippen LogP contribution < -0.4 is 0 Å². The molecule has 1 saturated heterocycles. The molecule has 1 aliphatic heterocycles. The molecule has 4 aliphatic carbocycles. The van der Waals surface area contributed by atoms with Crippen LogP contribution in [0.2, 0.25) is 0 Å². The van der Waals surface area contributed by atoms with Gasteiger partial charge in [0.05, 0.1) is 12.2 Å². The molecule has 0 radical (unpaired) electrons. The van der Waals surface area contributed by atoms with Gasteiger partial charge in [0, 0.05) is 11.8 Å². The van der Waals surface area contributed by atoms with Crippen molar-refractivity contribution in [2.45, 2.75) is 119 Å². The number of ketones is 1. The van der Waals surface area contributed by atoms with Gasteiger partial charge < -0.3 is 9.84 Å². The number of allylic oxidation sites excluding steroid dienone is 3. The number of rotatable bonds is 1. The Morgan fingerprint density at radius 1 is 1.03 bits per heavy atom. The summed E-state index contributed by atoms with van der Waals surface area (Å²) in [6, 6.07) is 0. The number of carbonyl (C=O) groups is 1. The van der Waals surface area contributed by atoms with Gasteiger partial charge in [-0.2, -0.15) is 0 Å². The summed E-state index contributed by atoms with van der Waals surface area (Å²) in [7, 11) is 0. The van der Waals surface area contributed by atoms with E-state index in [0.717, 1.165) is 38.5 Å². The van der Waals surface area contributed by atoms with Crippen LogP contribution in [0.4, 0.5) is 0 Å². The Bertz CT molecular complexity index is 923. The number of fused-ring (bicyclic) bond motifs is 6. The Morgan fingerprint density at radius 2 is 1.73 bits per heavy atom. The monoisotopic (exact) mass is 454 g/mol. The van der Waals surface area contributed by atoms with E-state index in [1.165, 1.54) is 12.0 Å². The quantitative estimate of drug-likeness (QED) is 0.451. The average Bonchev–Trinajstić information content (AvgIpc) is 2.96. The highest BCUT2D eigenvalue weighted by Crippen LogP contribution is 2.73. The van der Waals surface area contributed by atoms with Gasteiger partial charge in [-0.1, -0.05) is 64.3 Å². The molecule has 5 aliphatic rings. The van der Waals surface area contributed by atoms with Crippen molar-refractivity contribution in [1.29, 1.82) is 0 Å². The zero-order chi connectivity index (χ0) is 24.1. The van der Waals surface area contributed by atoms with E-state index < -0.39 is 6.10 Å². The van der Waals surface area contributed by atoms with Crippen LogP contribution in [0, 0.1) is 39.4 Å². The molecule has 2 saturated carbocycles. The van der Waals surface area contributed by atoms with Crippen molar-refractivity contribution in [2.75, 3.05) is 0 Å². The predicted molar refractivity (Wildman–Crippen MR) is 133 cm³/mol.